The monoisotopic (exact) mass is 216 g/mol. The van der Waals surface area contributed by atoms with Gasteiger partial charge in [-0.05, 0) is 0 Å². The van der Waals surface area contributed by atoms with Crippen LogP contribution in [0.3, 0.4) is 0 Å². The van der Waals surface area contributed by atoms with E-state index in [1.165, 1.54) is 0 Å². The second-order valence-electron chi connectivity index (χ2n) is 2.81. The Hall–Kier alpha value is -1.65. The highest BCUT2D eigenvalue weighted by atomic mass is 19.3. The Morgan fingerprint density at radius 3 is 1.73 bits per heavy atom. The Bertz CT molecular complexity index is 354. The molecule has 0 heterocycles. The maximum atomic E-state index is 10.8. The normalized spacial score (nSPS) is 16.1. The van der Waals surface area contributed by atoms with Crippen molar-refractivity contribution in [1.29, 1.82) is 0 Å². The van der Waals surface area contributed by atoms with Gasteiger partial charge in [-0.1, -0.05) is 24.3 Å². The first-order valence-corrected chi connectivity index (χ1v) is 4.08. The van der Waals surface area contributed by atoms with Crippen molar-refractivity contribution in [3.8, 4) is 0 Å². The van der Waals surface area contributed by atoms with E-state index in [4.69, 9.17) is 0 Å². The van der Waals surface area contributed by atoms with Crippen LogP contribution in [-0.4, -0.2) is 24.7 Å². The standard InChI is InChI=1S/C7H4O.C3H3F3O/c8-7-5-1-2-6(7)4-3-5;4-1-2(7)3(5)6/h1-4H;3H,1H2. The van der Waals surface area contributed by atoms with Gasteiger partial charge in [0.05, 0.1) is 0 Å². The largest absolute Gasteiger partial charge is 0.298 e. The van der Waals surface area contributed by atoms with Gasteiger partial charge in [0.2, 0.25) is 5.78 Å². The molecule has 0 radical (unpaired) electrons. The molecule has 5 heteroatoms. The number of rotatable bonds is 2. The Kier molecular flexibility index (Phi) is 3.60. The first-order valence-electron chi connectivity index (χ1n) is 4.08. The van der Waals surface area contributed by atoms with Crippen LogP contribution in [0.1, 0.15) is 0 Å². The van der Waals surface area contributed by atoms with Gasteiger partial charge in [0, 0.05) is 11.1 Å². The molecule has 0 atom stereocenters. The average Bonchev–Trinajstić information content (AvgIpc) is 2.76. The number of carbonyl (C=O) groups is 2. The van der Waals surface area contributed by atoms with Crippen molar-refractivity contribution in [1.82, 2.24) is 0 Å². The van der Waals surface area contributed by atoms with E-state index in [1.807, 2.05) is 24.3 Å². The maximum Gasteiger partial charge on any atom is 0.298 e. The zero-order valence-corrected chi connectivity index (χ0v) is 7.54. The summed E-state index contributed by atoms with van der Waals surface area (Å²) in [7, 11) is 0. The molecule has 80 valence electrons. The molecule has 0 saturated carbocycles. The van der Waals surface area contributed by atoms with Gasteiger partial charge in [-0.25, -0.2) is 13.2 Å². The van der Waals surface area contributed by atoms with Crippen molar-refractivity contribution in [2.24, 2.45) is 0 Å². The van der Waals surface area contributed by atoms with Gasteiger partial charge in [-0.3, -0.25) is 9.59 Å². The van der Waals surface area contributed by atoms with Crippen molar-refractivity contribution in [3.05, 3.63) is 35.5 Å². The molecule has 0 N–H and O–H groups in total. The van der Waals surface area contributed by atoms with E-state index in [0.29, 0.717) is 0 Å². The van der Waals surface area contributed by atoms with E-state index < -0.39 is 18.9 Å². The summed E-state index contributed by atoms with van der Waals surface area (Å²) in [5, 5.41) is 0. The zero-order valence-electron chi connectivity index (χ0n) is 7.54. The molecule has 0 aromatic rings. The topological polar surface area (TPSA) is 34.1 Å². The fourth-order valence-electron chi connectivity index (χ4n) is 0.998. The summed E-state index contributed by atoms with van der Waals surface area (Å²) in [5.74, 6) is -1.47. The van der Waals surface area contributed by atoms with E-state index in [-0.39, 0.29) is 5.78 Å². The Morgan fingerprint density at radius 1 is 1.20 bits per heavy atom. The van der Waals surface area contributed by atoms with Crippen molar-refractivity contribution >= 4 is 11.6 Å². The van der Waals surface area contributed by atoms with Crippen LogP contribution in [0, 0.1) is 0 Å². The number of hydrogen-bond donors (Lipinski definition) is 0. The van der Waals surface area contributed by atoms with E-state index in [9.17, 15) is 22.8 Å². The summed E-state index contributed by atoms with van der Waals surface area (Å²) in [6, 6.07) is 0. The molecule has 0 aromatic carbocycles. The molecule has 0 saturated heterocycles. The number of carbonyl (C=O) groups excluding carboxylic acids is 2. The lowest BCUT2D eigenvalue weighted by atomic mass is 10.2. The number of fused-ring (bicyclic) bond motifs is 2. The molecular weight excluding hydrogens is 209 g/mol. The van der Waals surface area contributed by atoms with Gasteiger partial charge < -0.3 is 0 Å². The lowest BCUT2D eigenvalue weighted by molar-refractivity contribution is -0.130. The van der Waals surface area contributed by atoms with Crippen LogP contribution in [0.5, 0.6) is 0 Å². The predicted octanol–water partition coefficient (Wildman–Crippen LogP) is 1.78. The number of halogens is 3. The number of Topliss-reactive ketones (excluding diaryl/α,β-unsaturated/α-hetero) is 2. The lowest BCUT2D eigenvalue weighted by Gasteiger charge is -1.86. The van der Waals surface area contributed by atoms with Gasteiger partial charge in [0.1, 0.15) is 0 Å². The van der Waals surface area contributed by atoms with Crippen molar-refractivity contribution < 1.29 is 22.8 Å². The molecule has 2 aliphatic carbocycles. The quantitative estimate of drug-likeness (QED) is 0.705. The summed E-state index contributed by atoms with van der Waals surface area (Å²) in [5.41, 5.74) is 1.67. The fraction of sp³-hybridized carbons (Fsp3) is 0.200. The van der Waals surface area contributed by atoms with E-state index >= 15 is 0 Å². The van der Waals surface area contributed by atoms with Gasteiger partial charge in [0.25, 0.3) is 6.43 Å². The smallest absolute Gasteiger partial charge is 0.290 e. The summed E-state index contributed by atoms with van der Waals surface area (Å²) in [6.45, 7) is -1.57. The minimum atomic E-state index is -3.15. The van der Waals surface area contributed by atoms with Crippen LogP contribution >= 0.6 is 0 Å². The first-order chi connectivity index (χ1) is 7.06. The predicted molar refractivity (Wildman–Crippen MR) is 47.3 cm³/mol. The Balaban J connectivity index is 0.000000153. The molecule has 0 amide bonds. The van der Waals surface area contributed by atoms with Crippen LogP contribution < -0.4 is 0 Å². The summed E-state index contributed by atoms with van der Waals surface area (Å²) >= 11 is 0. The molecule has 0 unspecified atom stereocenters. The minimum absolute atomic E-state index is 0.185. The number of hydrogen-bond acceptors (Lipinski definition) is 2. The van der Waals surface area contributed by atoms with Crippen molar-refractivity contribution in [2.45, 2.75) is 6.43 Å². The van der Waals surface area contributed by atoms with Crippen molar-refractivity contribution in [2.75, 3.05) is 6.67 Å². The molecule has 15 heavy (non-hydrogen) atoms. The van der Waals surface area contributed by atoms with Crippen LogP contribution in [0.2, 0.25) is 0 Å². The molecule has 0 aliphatic heterocycles. The molecule has 2 bridgehead atoms. The number of ketones is 2. The third kappa shape index (κ3) is 2.65. The van der Waals surface area contributed by atoms with Crippen LogP contribution in [0.15, 0.2) is 35.5 Å². The SMILES string of the molecule is O=C(CF)C(F)F.O=C1C2=CC=C1C=C2. The van der Waals surface area contributed by atoms with Crippen LogP contribution in [0.4, 0.5) is 13.2 Å². The molecular formula is C10H7F3O2. The molecule has 0 spiro atoms. The Morgan fingerprint density at radius 2 is 1.67 bits per heavy atom. The third-order valence-electron chi connectivity index (χ3n) is 1.78. The lowest BCUT2D eigenvalue weighted by Crippen LogP contribution is -2.10. The van der Waals surface area contributed by atoms with Gasteiger partial charge in [-0.15, -0.1) is 0 Å². The zero-order chi connectivity index (χ0) is 11.4. The number of alkyl halides is 3. The van der Waals surface area contributed by atoms with E-state index in [1.54, 1.807) is 0 Å². The highest BCUT2D eigenvalue weighted by Gasteiger charge is 2.19. The minimum Gasteiger partial charge on any atom is -0.290 e. The molecule has 2 rings (SSSR count). The van der Waals surface area contributed by atoms with E-state index in [2.05, 4.69) is 0 Å². The molecule has 0 aromatic heterocycles. The highest BCUT2D eigenvalue weighted by molar-refractivity contribution is 6.17. The molecule has 2 nitrogen and oxygen atoms in total. The second-order valence-corrected chi connectivity index (χ2v) is 2.81. The van der Waals surface area contributed by atoms with Crippen LogP contribution in [0.25, 0.3) is 0 Å². The Labute approximate surface area is 83.8 Å². The summed E-state index contributed by atoms with van der Waals surface area (Å²) in [4.78, 5) is 20.2. The molecule has 0 fully saturated rings. The van der Waals surface area contributed by atoms with Gasteiger partial charge >= 0.3 is 0 Å². The summed E-state index contributed by atoms with van der Waals surface area (Å²) < 4.78 is 32.5. The van der Waals surface area contributed by atoms with Crippen molar-refractivity contribution in [3.63, 3.8) is 0 Å². The number of allylic oxidation sites excluding steroid dienone is 6. The van der Waals surface area contributed by atoms with Gasteiger partial charge in [0.15, 0.2) is 12.5 Å². The van der Waals surface area contributed by atoms with E-state index in [0.717, 1.165) is 11.1 Å². The molecule has 2 aliphatic rings. The average molecular weight is 216 g/mol. The first kappa shape index (κ1) is 11.4. The highest BCUT2D eigenvalue weighted by Crippen LogP contribution is 2.23. The fourth-order valence-corrected chi connectivity index (χ4v) is 0.998. The second kappa shape index (κ2) is 4.72. The maximum absolute atomic E-state index is 10.8. The third-order valence-corrected chi connectivity index (χ3v) is 1.78. The van der Waals surface area contributed by atoms with Crippen LogP contribution in [-0.2, 0) is 9.59 Å². The van der Waals surface area contributed by atoms with Gasteiger partial charge in [-0.2, -0.15) is 0 Å². The summed E-state index contributed by atoms with van der Waals surface area (Å²) in [6.07, 6.45) is 4.23.